The highest BCUT2D eigenvalue weighted by molar-refractivity contribution is 6.31. The van der Waals surface area contributed by atoms with Crippen molar-refractivity contribution in [1.29, 1.82) is 0 Å². The van der Waals surface area contributed by atoms with E-state index in [4.69, 9.17) is 11.6 Å². The Bertz CT molecular complexity index is 310. The highest BCUT2D eigenvalue weighted by atomic mass is 35.5. The van der Waals surface area contributed by atoms with Gasteiger partial charge in [-0.1, -0.05) is 11.6 Å². The molecule has 11 heavy (non-hydrogen) atoms. The number of hydrogen-bond acceptors (Lipinski definition) is 2. The van der Waals surface area contributed by atoms with Gasteiger partial charge in [0.1, 0.15) is 16.9 Å². The summed E-state index contributed by atoms with van der Waals surface area (Å²) < 4.78 is 12.6. The average Bonchev–Trinajstić information content (AvgIpc) is 1.94. The molecule has 1 atom stereocenters. The molecule has 3 nitrogen and oxygen atoms in total. The molecule has 0 spiro atoms. The molecule has 5 heteroatoms. The van der Waals surface area contributed by atoms with Gasteiger partial charge in [0.15, 0.2) is 0 Å². The van der Waals surface area contributed by atoms with Gasteiger partial charge in [0.2, 0.25) is 0 Å². The van der Waals surface area contributed by atoms with Crippen molar-refractivity contribution in [3.8, 4) is 0 Å². The van der Waals surface area contributed by atoms with Gasteiger partial charge < -0.3 is 4.98 Å². The summed E-state index contributed by atoms with van der Waals surface area (Å²) in [6.45, 7) is 1.27. The second kappa shape index (κ2) is 3.00. The zero-order valence-corrected chi connectivity index (χ0v) is 6.52. The first-order chi connectivity index (χ1) is 5.13. The number of hydrogen-bond donors (Lipinski definition) is 1. The van der Waals surface area contributed by atoms with Crippen LogP contribution in [0.4, 0.5) is 4.39 Å². The zero-order valence-electron chi connectivity index (χ0n) is 5.77. The van der Waals surface area contributed by atoms with E-state index in [0.29, 0.717) is 0 Å². The molecule has 1 aromatic rings. The number of nitrogens with one attached hydrogen (secondary N) is 1. The molecule has 0 amide bonds. The van der Waals surface area contributed by atoms with Crippen molar-refractivity contribution in [1.82, 2.24) is 9.97 Å². The fraction of sp³-hybridized carbons (Fsp3) is 0.333. The summed E-state index contributed by atoms with van der Waals surface area (Å²) >= 11 is 5.44. The molecule has 0 saturated heterocycles. The lowest BCUT2D eigenvalue weighted by atomic mass is 10.3. The molecule has 0 aliphatic heterocycles. The maximum absolute atomic E-state index is 12.6. The van der Waals surface area contributed by atoms with Crippen molar-refractivity contribution < 1.29 is 4.39 Å². The Morgan fingerprint density at radius 3 is 2.91 bits per heavy atom. The van der Waals surface area contributed by atoms with E-state index < -0.39 is 11.7 Å². The molecule has 0 aliphatic carbocycles. The van der Waals surface area contributed by atoms with Crippen LogP contribution in [0.2, 0.25) is 5.02 Å². The lowest BCUT2D eigenvalue weighted by Crippen LogP contribution is -2.10. The number of aromatic amines is 1. The van der Waals surface area contributed by atoms with Crippen LogP contribution < -0.4 is 5.56 Å². The van der Waals surface area contributed by atoms with Crippen LogP contribution in [0.1, 0.15) is 18.8 Å². The number of H-pyrrole nitrogens is 1. The number of aromatic nitrogens is 2. The van der Waals surface area contributed by atoms with Crippen molar-refractivity contribution in [2.24, 2.45) is 0 Å². The highest BCUT2D eigenvalue weighted by Gasteiger charge is 2.11. The van der Waals surface area contributed by atoms with Crippen molar-refractivity contribution >= 4 is 11.6 Å². The molecule has 60 valence electrons. The normalized spacial score (nSPS) is 13.0. The minimum atomic E-state index is -1.32. The van der Waals surface area contributed by atoms with E-state index in [9.17, 15) is 9.18 Å². The number of halogens is 2. The molecule has 0 radical (unpaired) electrons. The van der Waals surface area contributed by atoms with Crippen LogP contribution in [-0.4, -0.2) is 9.97 Å². The van der Waals surface area contributed by atoms with Crippen LogP contribution >= 0.6 is 11.6 Å². The summed E-state index contributed by atoms with van der Waals surface area (Å²) in [6.07, 6.45) is -0.190. The Kier molecular flexibility index (Phi) is 2.24. The van der Waals surface area contributed by atoms with Crippen LogP contribution in [0.3, 0.4) is 0 Å². The van der Waals surface area contributed by atoms with Crippen LogP contribution in [0.5, 0.6) is 0 Å². The maximum Gasteiger partial charge on any atom is 0.269 e. The quantitative estimate of drug-likeness (QED) is 0.704. The Hall–Kier alpha value is -0.900. The lowest BCUT2D eigenvalue weighted by Gasteiger charge is -2.00. The van der Waals surface area contributed by atoms with Gasteiger partial charge in [0.05, 0.1) is 6.33 Å². The summed E-state index contributed by atoms with van der Waals surface area (Å²) in [4.78, 5) is 16.6. The predicted octanol–water partition coefficient (Wildman–Crippen LogP) is 1.45. The van der Waals surface area contributed by atoms with Gasteiger partial charge in [0, 0.05) is 0 Å². The van der Waals surface area contributed by atoms with Gasteiger partial charge in [-0.15, -0.1) is 0 Å². The smallest absolute Gasteiger partial charge is 0.269 e. The lowest BCUT2D eigenvalue weighted by molar-refractivity contribution is 0.365. The van der Waals surface area contributed by atoms with Crippen LogP contribution in [0.25, 0.3) is 0 Å². The molecule has 1 aromatic heterocycles. The molecule has 0 bridgehead atoms. The molecule has 1 unspecified atom stereocenters. The first-order valence-corrected chi connectivity index (χ1v) is 3.38. The summed E-state index contributed by atoms with van der Waals surface area (Å²) in [5.74, 6) is 0. The molecular formula is C6H6ClFN2O. The Morgan fingerprint density at radius 1 is 1.82 bits per heavy atom. The highest BCUT2D eigenvalue weighted by Crippen LogP contribution is 2.18. The molecule has 0 fully saturated rings. The Morgan fingerprint density at radius 2 is 2.45 bits per heavy atom. The van der Waals surface area contributed by atoms with E-state index in [1.54, 1.807) is 0 Å². The Labute approximate surface area is 67.2 Å². The van der Waals surface area contributed by atoms with Crippen LogP contribution in [0, 0.1) is 0 Å². The van der Waals surface area contributed by atoms with Crippen molar-refractivity contribution in [2.45, 2.75) is 13.1 Å². The largest absolute Gasteiger partial charge is 0.312 e. The Balaban J connectivity index is 3.28. The van der Waals surface area contributed by atoms with E-state index in [1.807, 2.05) is 0 Å². The predicted molar refractivity (Wildman–Crippen MR) is 39.4 cm³/mol. The summed E-state index contributed by atoms with van der Waals surface area (Å²) in [5.41, 5.74) is -0.531. The fourth-order valence-electron chi connectivity index (χ4n) is 0.674. The number of rotatable bonds is 1. The van der Waals surface area contributed by atoms with Crippen LogP contribution in [-0.2, 0) is 0 Å². The van der Waals surface area contributed by atoms with E-state index in [1.165, 1.54) is 6.92 Å². The third-order valence-electron chi connectivity index (χ3n) is 1.20. The summed E-state index contributed by atoms with van der Waals surface area (Å²) in [5, 5.41) is -0.178. The average molecular weight is 177 g/mol. The minimum Gasteiger partial charge on any atom is -0.312 e. The van der Waals surface area contributed by atoms with Gasteiger partial charge >= 0.3 is 0 Å². The van der Waals surface area contributed by atoms with Crippen molar-refractivity contribution in [3.63, 3.8) is 0 Å². The number of alkyl halides is 1. The third kappa shape index (κ3) is 1.57. The zero-order chi connectivity index (χ0) is 8.43. The summed E-state index contributed by atoms with van der Waals surface area (Å²) in [6, 6.07) is 0. The van der Waals surface area contributed by atoms with E-state index >= 15 is 0 Å². The second-order valence-corrected chi connectivity index (χ2v) is 2.42. The first-order valence-electron chi connectivity index (χ1n) is 3.00. The SMILES string of the molecule is CC(F)c1nc[nH]c(=O)c1Cl. The third-order valence-corrected chi connectivity index (χ3v) is 1.57. The van der Waals surface area contributed by atoms with E-state index in [-0.39, 0.29) is 10.7 Å². The maximum atomic E-state index is 12.6. The molecule has 1 heterocycles. The monoisotopic (exact) mass is 176 g/mol. The van der Waals surface area contributed by atoms with Gasteiger partial charge in [-0.05, 0) is 6.92 Å². The van der Waals surface area contributed by atoms with Gasteiger partial charge in [-0.2, -0.15) is 0 Å². The van der Waals surface area contributed by atoms with E-state index in [2.05, 4.69) is 9.97 Å². The van der Waals surface area contributed by atoms with Crippen molar-refractivity contribution in [3.05, 3.63) is 27.4 Å². The number of nitrogens with zero attached hydrogens (tertiary/aromatic N) is 1. The molecular weight excluding hydrogens is 171 g/mol. The molecule has 1 rings (SSSR count). The first kappa shape index (κ1) is 8.20. The van der Waals surface area contributed by atoms with Gasteiger partial charge in [0.25, 0.3) is 5.56 Å². The standard InChI is InChI=1S/C6H6ClFN2O/c1-3(8)5-4(7)6(11)10-2-9-5/h2-3H,1H3,(H,9,10,11). The second-order valence-electron chi connectivity index (χ2n) is 2.05. The van der Waals surface area contributed by atoms with Crippen molar-refractivity contribution in [2.75, 3.05) is 0 Å². The molecule has 1 N–H and O–H groups in total. The van der Waals surface area contributed by atoms with Gasteiger partial charge in [-0.25, -0.2) is 9.37 Å². The molecule has 0 saturated carbocycles. The van der Waals surface area contributed by atoms with Crippen LogP contribution in [0.15, 0.2) is 11.1 Å². The van der Waals surface area contributed by atoms with E-state index in [0.717, 1.165) is 6.33 Å². The summed E-state index contributed by atoms with van der Waals surface area (Å²) in [7, 11) is 0. The fourth-order valence-corrected chi connectivity index (χ4v) is 0.928. The van der Waals surface area contributed by atoms with Gasteiger partial charge in [-0.3, -0.25) is 4.79 Å². The minimum absolute atomic E-state index is 0.0181. The molecule has 0 aliphatic rings. The topological polar surface area (TPSA) is 45.8 Å². The molecule has 0 aromatic carbocycles.